The van der Waals surface area contributed by atoms with Gasteiger partial charge >= 0.3 is 0 Å². The van der Waals surface area contributed by atoms with Gasteiger partial charge in [0, 0.05) is 11.6 Å². The maximum Gasteiger partial charge on any atom is 0.174 e. The topological polar surface area (TPSA) is 54.0 Å². The summed E-state index contributed by atoms with van der Waals surface area (Å²) in [5.74, 6) is 2.68. The second-order valence-electron chi connectivity index (χ2n) is 9.66. The third-order valence-electron chi connectivity index (χ3n) is 6.43. The highest BCUT2D eigenvalue weighted by Gasteiger charge is 2.34. The van der Waals surface area contributed by atoms with Gasteiger partial charge in [0.1, 0.15) is 34.7 Å². The third-order valence-corrected chi connectivity index (χ3v) is 6.43. The molecule has 0 spiro atoms. The van der Waals surface area contributed by atoms with E-state index in [0.717, 1.165) is 48.3 Å². The molecule has 0 N–H and O–H groups in total. The lowest BCUT2D eigenvalue weighted by Gasteiger charge is -2.29. The van der Waals surface area contributed by atoms with Crippen molar-refractivity contribution in [1.82, 2.24) is 0 Å². The van der Waals surface area contributed by atoms with E-state index in [-0.39, 0.29) is 18.3 Å². The SMILES string of the molecule is CCCCCOc1ccc([C@@H]2CC(=O)c3c(OC)cc(OCCCCC)c(CC=C(C)C)c3O2)cc1. The zero-order valence-corrected chi connectivity index (χ0v) is 22.7. The number of Topliss-reactive ketones (excluding diaryl/α,β-unsaturated/α-hetero) is 1. The van der Waals surface area contributed by atoms with Crippen molar-refractivity contribution in [1.29, 1.82) is 0 Å². The molecule has 0 radical (unpaired) electrons. The van der Waals surface area contributed by atoms with Crippen LogP contribution in [0.3, 0.4) is 0 Å². The summed E-state index contributed by atoms with van der Waals surface area (Å²) in [6.45, 7) is 9.83. The van der Waals surface area contributed by atoms with E-state index < -0.39 is 0 Å². The number of hydrogen-bond acceptors (Lipinski definition) is 5. The number of carbonyl (C=O) groups excluding carboxylic acids is 1. The molecule has 1 aliphatic rings. The highest BCUT2D eigenvalue weighted by Crippen LogP contribution is 2.46. The van der Waals surface area contributed by atoms with Gasteiger partial charge in [0.15, 0.2) is 5.78 Å². The molecule has 0 saturated carbocycles. The summed E-state index contributed by atoms with van der Waals surface area (Å²) in [6.07, 6.45) is 9.27. The first-order valence-corrected chi connectivity index (χ1v) is 13.4. The van der Waals surface area contributed by atoms with Gasteiger partial charge in [-0.05, 0) is 50.8 Å². The first-order chi connectivity index (χ1) is 17.5. The molecule has 0 fully saturated rings. The Labute approximate surface area is 216 Å². The average molecular weight is 495 g/mol. The van der Waals surface area contributed by atoms with E-state index in [1.165, 1.54) is 18.4 Å². The lowest BCUT2D eigenvalue weighted by molar-refractivity contribution is 0.0841. The van der Waals surface area contributed by atoms with Gasteiger partial charge in [-0.25, -0.2) is 0 Å². The van der Waals surface area contributed by atoms with Gasteiger partial charge in [-0.15, -0.1) is 0 Å². The highest BCUT2D eigenvalue weighted by atomic mass is 16.5. The molecule has 0 saturated heterocycles. The minimum Gasteiger partial charge on any atom is -0.496 e. The molecule has 0 bridgehead atoms. The Hall–Kier alpha value is -2.95. The van der Waals surface area contributed by atoms with Gasteiger partial charge in [-0.2, -0.15) is 0 Å². The second kappa shape index (κ2) is 14.0. The summed E-state index contributed by atoms with van der Waals surface area (Å²) in [4.78, 5) is 13.4. The maximum absolute atomic E-state index is 13.4. The normalized spacial score (nSPS) is 14.6. The molecule has 0 unspecified atom stereocenters. The van der Waals surface area contributed by atoms with Crippen molar-refractivity contribution in [2.24, 2.45) is 0 Å². The third kappa shape index (κ3) is 7.28. The van der Waals surface area contributed by atoms with E-state index in [4.69, 9.17) is 18.9 Å². The number of ether oxygens (including phenoxy) is 4. The Bertz CT molecular complexity index is 1020. The molecule has 2 aromatic carbocycles. The maximum atomic E-state index is 13.4. The quantitative estimate of drug-likeness (QED) is 0.196. The molecular formula is C31H42O5. The first kappa shape index (κ1) is 27.6. The number of methoxy groups -OCH3 is 1. The lowest BCUT2D eigenvalue weighted by atomic mass is 9.92. The molecule has 5 heteroatoms. The molecule has 36 heavy (non-hydrogen) atoms. The van der Waals surface area contributed by atoms with Crippen LogP contribution in [-0.2, 0) is 6.42 Å². The fourth-order valence-corrected chi connectivity index (χ4v) is 4.33. The van der Waals surface area contributed by atoms with Crippen LogP contribution in [0, 0.1) is 0 Å². The van der Waals surface area contributed by atoms with Gasteiger partial charge in [0.25, 0.3) is 0 Å². The number of benzene rings is 2. The van der Waals surface area contributed by atoms with Gasteiger partial charge < -0.3 is 18.9 Å². The summed E-state index contributed by atoms with van der Waals surface area (Å²) in [5, 5.41) is 0. The summed E-state index contributed by atoms with van der Waals surface area (Å²) >= 11 is 0. The number of allylic oxidation sites excluding steroid dienone is 2. The van der Waals surface area contributed by atoms with Gasteiger partial charge in [-0.1, -0.05) is 63.3 Å². The molecule has 3 rings (SSSR count). The van der Waals surface area contributed by atoms with Crippen LogP contribution in [0.5, 0.6) is 23.0 Å². The van der Waals surface area contributed by atoms with Gasteiger partial charge in [0.2, 0.25) is 0 Å². The Morgan fingerprint density at radius 1 is 0.972 bits per heavy atom. The summed E-state index contributed by atoms with van der Waals surface area (Å²) in [6, 6.07) is 9.77. The minimum atomic E-state index is -0.371. The van der Waals surface area contributed by atoms with Crippen LogP contribution in [0.2, 0.25) is 0 Å². The molecule has 0 aromatic heterocycles. The average Bonchev–Trinajstić information content (AvgIpc) is 2.88. The van der Waals surface area contributed by atoms with Crippen molar-refractivity contribution >= 4 is 5.78 Å². The van der Waals surface area contributed by atoms with Crippen molar-refractivity contribution in [2.45, 2.75) is 85.2 Å². The Kier molecular flexibility index (Phi) is 10.7. The predicted molar refractivity (Wildman–Crippen MR) is 145 cm³/mol. The number of hydrogen-bond donors (Lipinski definition) is 0. The molecule has 1 heterocycles. The lowest BCUT2D eigenvalue weighted by Crippen LogP contribution is -2.22. The standard InChI is InChI=1S/C31H42O5/c1-6-8-10-18-34-24-15-13-23(14-16-24)27-20-26(32)30-29(33-5)21-28(35-19-11-9-7-2)25(31(30)36-27)17-12-22(3)4/h12-16,21,27H,6-11,17-20H2,1-5H3/t27-/m0/s1. The van der Waals surface area contributed by atoms with E-state index in [1.54, 1.807) is 7.11 Å². The molecule has 1 atom stereocenters. The number of rotatable bonds is 14. The minimum absolute atomic E-state index is 0.0222. The number of unbranched alkanes of at least 4 members (excludes halogenated alkanes) is 4. The molecule has 0 aliphatic carbocycles. The summed E-state index contributed by atoms with van der Waals surface area (Å²) < 4.78 is 24.3. The van der Waals surface area contributed by atoms with Crippen molar-refractivity contribution in [3.05, 3.63) is 58.7 Å². The molecule has 1 aliphatic heterocycles. The smallest absolute Gasteiger partial charge is 0.174 e. The zero-order valence-electron chi connectivity index (χ0n) is 22.7. The van der Waals surface area contributed by atoms with E-state index >= 15 is 0 Å². The summed E-state index contributed by atoms with van der Waals surface area (Å²) in [5.41, 5.74) is 3.57. The zero-order chi connectivity index (χ0) is 25.9. The second-order valence-corrected chi connectivity index (χ2v) is 9.66. The van der Waals surface area contributed by atoms with E-state index in [0.29, 0.717) is 36.7 Å². The first-order valence-electron chi connectivity index (χ1n) is 13.4. The van der Waals surface area contributed by atoms with E-state index in [2.05, 4.69) is 33.8 Å². The fraction of sp³-hybridized carbons (Fsp3) is 0.516. The Balaban J connectivity index is 1.90. The summed E-state index contributed by atoms with van der Waals surface area (Å²) in [7, 11) is 1.59. The van der Waals surface area contributed by atoms with Crippen LogP contribution in [0.15, 0.2) is 42.0 Å². The molecule has 0 amide bonds. The number of fused-ring (bicyclic) bond motifs is 1. The van der Waals surface area contributed by atoms with Crippen LogP contribution in [0.25, 0.3) is 0 Å². The van der Waals surface area contributed by atoms with Gasteiger partial charge in [0.05, 0.1) is 26.7 Å². The predicted octanol–water partition coefficient (Wildman–Crippen LogP) is 8.05. The molecule has 5 nitrogen and oxygen atoms in total. The van der Waals surface area contributed by atoms with Crippen LogP contribution in [-0.4, -0.2) is 26.1 Å². The van der Waals surface area contributed by atoms with Gasteiger partial charge in [-0.3, -0.25) is 4.79 Å². The number of ketones is 1. The largest absolute Gasteiger partial charge is 0.496 e. The van der Waals surface area contributed by atoms with E-state index in [9.17, 15) is 4.79 Å². The Morgan fingerprint density at radius 3 is 2.25 bits per heavy atom. The van der Waals surface area contributed by atoms with Crippen LogP contribution >= 0.6 is 0 Å². The van der Waals surface area contributed by atoms with Crippen molar-refractivity contribution in [3.8, 4) is 23.0 Å². The molecular weight excluding hydrogens is 452 g/mol. The van der Waals surface area contributed by atoms with Crippen molar-refractivity contribution < 1.29 is 23.7 Å². The highest BCUT2D eigenvalue weighted by molar-refractivity contribution is 6.03. The van der Waals surface area contributed by atoms with Crippen molar-refractivity contribution in [3.63, 3.8) is 0 Å². The molecule has 196 valence electrons. The fourth-order valence-electron chi connectivity index (χ4n) is 4.33. The van der Waals surface area contributed by atoms with Crippen LogP contribution < -0.4 is 18.9 Å². The molecule has 2 aromatic rings. The Morgan fingerprint density at radius 2 is 1.64 bits per heavy atom. The van der Waals surface area contributed by atoms with Crippen molar-refractivity contribution in [2.75, 3.05) is 20.3 Å². The van der Waals surface area contributed by atoms with Crippen LogP contribution in [0.1, 0.15) is 100 Å². The number of carbonyl (C=O) groups is 1. The van der Waals surface area contributed by atoms with Crippen LogP contribution in [0.4, 0.5) is 0 Å². The van der Waals surface area contributed by atoms with E-state index in [1.807, 2.05) is 30.3 Å². The monoisotopic (exact) mass is 494 g/mol.